The Labute approximate surface area is 161 Å². The molecule has 3 aromatic rings. The number of methoxy groups -OCH3 is 1. The molecule has 0 saturated carbocycles. The van der Waals surface area contributed by atoms with Gasteiger partial charge in [0.15, 0.2) is 0 Å². The molecule has 4 rings (SSSR count). The summed E-state index contributed by atoms with van der Waals surface area (Å²) < 4.78 is 8.78. The molecule has 3 aromatic heterocycles. The maximum Gasteiger partial charge on any atom is 0.275 e. The van der Waals surface area contributed by atoms with Gasteiger partial charge in [-0.1, -0.05) is 0 Å². The van der Waals surface area contributed by atoms with Gasteiger partial charge in [-0.25, -0.2) is 0 Å². The number of nitrogens with zero attached hydrogens (tertiary/aromatic N) is 3. The van der Waals surface area contributed by atoms with Crippen molar-refractivity contribution < 1.29 is 9.53 Å². The Morgan fingerprint density at radius 1 is 1.21 bits per heavy atom. The van der Waals surface area contributed by atoms with E-state index in [0.29, 0.717) is 24.9 Å². The molecule has 0 fully saturated rings. The van der Waals surface area contributed by atoms with E-state index in [2.05, 4.69) is 10.3 Å². The summed E-state index contributed by atoms with van der Waals surface area (Å²) in [6.45, 7) is 0.473. The number of aromatic nitrogens is 3. The van der Waals surface area contributed by atoms with Crippen molar-refractivity contribution in [3.05, 3.63) is 70.8 Å². The number of aryl methyl sites for hydroxylation is 1. The van der Waals surface area contributed by atoms with Gasteiger partial charge < -0.3 is 19.0 Å². The van der Waals surface area contributed by atoms with Gasteiger partial charge in [0.25, 0.3) is 5.56 Å². The third-order valence-electron chi connectivity index (χ3n) is 5.00. The van der Waals surface area contributed by atoms with Gasteiger partial charge in [-0.2, -0.15) is 0 Å². The van der Waals surface area contributed by atoms with E-state index in [1.807, 2.05) is 34.9 Å². The van der Waals surface area contributed by atoms with E-state index in [-0.39, 0.29) is 11.5 Å². The van der Waals surface area contributed by atoms with E-state index in [0.717, 1.165) is 35.3 Å². The van der Waals surface area contributed by atoms with Gasteiger partial charge >= 0.3 is 0 Å². The molecule has 0 spiro atoms. The fourth-order valence-electron chi connectivity index (χ4n) is 3.56. The topological polar surface area (TPSA) is 77.6 Å². The molecule has 0 atom stereocenters. The van der Waals surface area contributed by atoms with Crippen LogP contribution in [0.5, 0.6) is 0 Å². The number of pyridine rings is 1. The molecule has 0 bridgehead atoms. The Bertz CT molecular complexity index is 1150. The highest BCUT2D eigenvalue weighted by molar-refractivity contribution is 5.79. The molecule has 144 valence electrons. The monoisotopic (exact) mass is 378 g/mol. The van der Waals surface area contributed by atoms with Crippen molar-refractivity contribution in [3.63, 3.8) is 0 Å². The molecule has 28 heavy (non-hydrogen) atoms. The van der Waals surface area contributed by atoms with Crippen LogP contribution in [0.2, 0.25) is 0 Å². The molecular weight excluding hydrogens is 356 g/mol. The second-order valence-corrected chi connectivity index (χ2v) is 6.77. The third-order valence-corrected chi connectivity index (χ3v) is 5.00. The predicted octanol–water partition coefficient (Wildman–Crippen LogP) is 2.75. The van der Waals surface area contributed by atoms with Crippen molar-refractivity contribution in [3.8, 4) is 0 Å². The van der Waals surface area contributed by atoms with Crippen LogP contribution in [0, 0.1) is 0 Å². The molecular formula is C21H22N4O3. The lowest BCUT2D eigenvalue weighted by Gasteiger charge is -2.15. The first-order chi connectivity index (χ1) is 13.7. The number of amides is 1. The molecule has 0 unspecified atom stereocenters. The van der Waals surface area contributed by atoms with E-state index >= 15 is 0 Å². The maximum atomic E-state index is 12.8. The summed E-state index contributed by atoms with van der Waals surface area (Å²) in [5.41, 5.74) is 3.14. The normalized spacial score (nSPS) is 14.0. The van der Waals surface area contributed by atoms with Crippen LogP contribution in [0.4, 0.5) is 0 Å². The average Bonchev–Trinajstić information content (AvgIpc) is 3.21. The lowest BCUT2D eigenvalue weighted by Crippen LogP contribution is -2.26. The smallest absolute Gasteiger partial charge is 0.275 e. The van der Waals surface area contributed by atoms with Crippen LogP contribution in [-0.4, -0.2) is 27.0 Å². The van der Waals surface area contributed by atoms with Crippen LogP contribution >= 0.6 is 0 Å². The van der Waals surface area contributed by atoms with Crippen molar-refractivity contribution in [1.82, 2.24) is 19.3 Å². The van der Waals surface area contributed by atoms with Crippen LogP contribution in [0.3, 0.4) is 0 Å². The van der Waals surface area contributed by atoms with Crippen LogP contribution in [-0.2, 0) is 16.1 Å². The van der Waals surface area contributed by atoms with E-state index in [9.17, 15) is 9.59 Å². The molecule has 1 aliphatic rings. The van der Waals surface area contributed by atoms with Crippen molar-refractivity contribution in [2.45, 2.75) is 32.2 Å². The minimum Gasteiger partial charge on any atom is -0.501 e. The maximum absolute atomic E-state index is 12.8. The van der Waals surface area contributed by atoms with E-state index in [1.165, 1.54) is 0 Å². The summed E-state index contributed by atoms with van der Waals surface area (Å²) in [4.78, 5) is 29.3. The Morgan fingerprint density at radius 3 is 2.89 bits per heavy atom. The molecule has 1 aliphatic carbocycles. The van der Waals surface area contributed by atoms with Gasteiger partial charge in [-0.3, -0.25) is 14.6 Å². The molecule has 0 saturated heterocycles. The minimum absolute atomic E-state index is 0.0386. The second-order valence-electron chi connectivity index (χ2n) is 6.77. The fourth-order valence-corrected chi connectivity index (χ4v) is 3.56. The molecule has 1 amide bonds. The lowest BCUT2D eigenvalue weighted by atomic mass is 10.1. The highest BCUT2D eigenvalue weighted by atomic mass is 16.5. The summed E-state index contributed by atoms with van der Waals surface area (Å²) in [5, 5.41) is 2.95. The number of hydrogen-bond acceptors (Lipinski definition) is 4. The number of carbonyl (C=O) groups is 1. The Morgan fingerprint density at radius 2 is 2.11 bits per heavy atom. The van der Waals surface area contributed by atoms with Crippen LogP contribution in [0.25, 0.3) is 16.6 Å². The summed E-state index contributed by atoms with van der Waals surface area (Å²) in [7, 11) is 1.65. The third kappa shape index (κ3) is 3.43. The van der Waals surface area contributed by atoms with Crippen molar-refractivity contribution in [2.75, 3.05) is 7.11 Å². The zero-order valence-corrected chi connectivity index (χ0v) is 15.7. The first-order valence-electron chi connectivity index (χ1n) is 9.34. The zero-order valence-electron chi connectivity index (χ0n) is 15.7. The highest BCUT2D eigenvalue weighted by Gasteiger charge is 2.12. The van der Waals surface area contributed by atoms with E-state index < -0.39 is 0 Å². The summed E-state index contributed by atoms with van der Waals surface area (Å²) in [6, 6.07) is 5.49. The van der Waals surface area contributed by atoms with Crippen LogP contribution in [0.15, 0.2) is 65.2 Å². The van der Waals surface area contributed by atoms with Gasteiger partial charge in [0.05, 0.1) is 30.1 Å². The number of allylic oxidation sites excluding steroid dienone is 4. The summed E-state index contributed by atoms with van der Waals surface area (Å²) >= 11 is 0. The minimum atomic E-state index is -0.0590. The van der Waals surface area contributed by atoms with Crippen molar-refractivity contribution >= 4 is 22.5 Å². The number of fused-ring (bicyclic) bond motifs is 3. The second kappa shape index (κ2) is 7.72. The standard InChI is InChI=1S/C21H22N4O3/c1-28-16-8-6-15(7-9-16)23-20(26)5-3-13-25-17-10-11-22-14-19(17)24-12-2-4-18(24)21(25)27/h2,4,6,8,10-12,14H,3,5,7,9,13H2,1H3,(H,23,26). The highest BCUT2D eigenvalue weighted by Crippen LogP contribution is 2.17. The molecule has 7 nitrogen and oxygen atoms in total. The largest absolute Gasteiger partial charge is 0.501 e. The van der Waals surface area contributed by atoms with Crippen LogP contribution < -0.4 is 10.9 Å². The van der Waals surface area contributed by atoms with Gasteiger partial charge in [-0.05, 0) is 43.2 Å². The molecule has 0 aromatic carbocycles. The van der Waals surface area contributed by atoms with Gasteiger partial charge in [-0.15, -0.1) is 0 Å². The SMILES string of the molecule is COC1=CC=C(NC(=O)CCCn2c(=O)c3cccn3c3cnccc32)CC1. The lowest BCUT2D eigenvalue weighted by molar-refractivity contribution is -0.120. The van der Waals surface area contributed by atoms with Crippen molar-refractivity contribution in [2.24, 2.45) is 0 Å². The Balaban J connectivity index is 1.46. The average molecular weight is 378 g/mol. The first kappa shape index (κ1) is 18.0. The number of ether oxygens (including phenoxy) is 1. The molecule has 7 heteroatoms. The number of rotatable bonds is 6. The van der Waals surface area contributed by atoms with E-state index in [4.69, 9.17) is 4.74 Å². The van der Waals surface area contributed by atoms with Crippen LogP contribution in [0.1, 0.15) is 25.7 Å². The number of hydrogen-bond donors (Lipinski definition) is 1. The first-order valence-corrected chi connectivity index (χ1v) is 9.34. The quantitative estimate of drug-likeness (QED) is 0.715. The Kier molecular flexibility index (Phi) is 4.97. The predicted molar refractivity (Wildman–Crippen MR) is 107 cm³/mol. The summed E-state index contributed by atoms with van der Waals surface area (Å²) in [6.07, 6.45) is 11.5. The summed E-state index contributed by atoms with van der Waals surface area (Å²) in [5.74, 6) is 0.878. The van der Waals surface area contributed by atoms with Gasteiger partial charge in [0, 0.05) is 37.5 Å². The molecule has 0 radical (unpaired) electrons. The molecule has 0 aliphatic heterocycles. The number of nitrogens with one attached hydrogen (secondary N) is 1. The van der Waals surface area contributed by atoms with Crippen molar-refractivity contribution in [1.29, 1.82) is 0 Å². The van der Waals surface area contributed by atoms with E-state index in [1.54, 1.807) is 30.1 Å². The number of carbonyl (C=O) groups excluding carboxylic acids is 1. The van der Waals surface area contributed by atoms with Gasteiger partial charge in [0.2, 0.25) is 5.91 Å². The Hall–Kier alpha value is -3.35. The van der Waals surface area contributed by atoms with Gasteiger partial charge in [0.1, 0.15) is 5.52 Å². The molecule has 1 N–H and O–H groups in total. The molecule has 3 heterocycles. The zero-order chi connectivity index (χ0) is 19.5. The fraction of sp³-hybridized carbons (Fsp3) is 0.286.